The van der Waals surface area contributed by atoms with Crippen LogP contribution in [0.3, 0.4) is 0 Å². The molecule has 0 unspecified atom stereocenters. The van der Waals surface area contributed by atoms with Crippen molar-refractivity contribution in [1.82, 2.24) is 30.8 Å². The van der Waals surface area contributed by atoms with E-state index in [1.165, 1.54) is 6.20 Å². The van der Waals surface area contributed by atoms with E-state index in [4.69, 9.17) is 10.3 Å². The maximum absolute atomic E-state index is 7.97. The van der Waals surface area contributed by atoms with Crippen LogP contribution in [-0.2, 0) is 0 Å². The molecule has 0 saturated carbocycles. The van der Waals surface area contributed by atoms with Gasteiger partial charge in [0.15, 0.2) is 11.5 Å². The molecule has 7 heteroatoms. The van der Waals surface area contributed by atoms with Crippen LogP contribution in [-0.4, -0.2) is 25.1 Å². The van der Waals surface area contributed by atoms with Gasteiger partial charge in [0.05, 0.1) is 11.9 Å². The molecule has 0 fully saturated rings. The van der Waals surface area contributed by atoms with Crippen molar-refractivity contribution in [3.05, 3.63) is 61.1 Å². The van der Waals surface area contributed by atoms with Crippen LogP contribution in [0.2, 0.25) is 0 Å². The van der Waals surface area contributed by atoms with E-state index in [1.807, 2.05) is 42.5 Å². The highest BCUT2D eigenvalue weighted by Gasteiger charge is 2.16. The van der Waals surface area contributed by atoms with Crippen LogP contribution in [0, 0.1) is 0 Å². The topological polar surface area (TPSA) is 101 Å². The average Bonchev–Trinajstić information content (AvgIpc) is 3.13. The molecule has 1 radical (unpaired) electrons. The molecular weight excluding hydrogens is 304 g/mol. The first-order valence-electron chi connectivity index (χ1n) is 7.20. The van der Waals surface area contributed by atoms with Crippen LogP contribution in [0.4, 0.5) is 5.82 Å². The van der Waals surface area contributed by atoms with Crippen molar-refractivity contribution in [2.75, 3.05) is 0 Å². The Hall–Kier alpha value is -3.61. The molecule has 7 nitrogen and oxygen atoms in total. The molecule has 0 spiro atoms. The van der Waals surface area contributed by atoms with E-state index in [2.05, 4.69) is 25.1 Å². The van der Waals surface area contributed by atoms with Gasteiger partial charge in [-0.25, -0.2) is 9.97 Å². The van der Waals surface area contributed by atoms with Crippen molar-refractivity contribution in [3.63, 3.8) is 0 Å². The molecule has 0 aliphatic carbocycles. The van der Waals surface area contributed by atoms with Crippen LogP contribution < -0.4 is 5.73 Å². The van der Waals surface area contributed by atoms with Gasteiger partial charge in [-0.05, 0) is 24.3 Å². The smallest absolute Gasteiger partial charge is 0.258 e. The highest BCUT2D eigenvalue weighted by Crippen LogP contribution is 2.26. The van der Waals surface area contributed by atoms with Crippen LogP contribution in [0.1, 0.15) is 0 Å². The quantitative estimate of drug-likeness (QED) is 0.575. The fraction of sp³-hybridized carbons (Fsp3) is 0. The lowest BCUT2D eigenvalue weighted by Crippen LogP contribution is -1.95. The highest BCUT2D eigenvalue weighted by atomic mass is 16.5. The lowest BCUT2D eigenvalue weighted by Gasteiger charge is -2.03. The van der Waals surface area contributed by atoms with Crippen molar-refractivity contribution >= 4 is 5.82 Å². The number of hydrogen-bond donors (Lipinski definition) is 0. The summed E-state index contributed by atoms with van der Waals surface area (Å²) in [4.78, 5) is 16.9. The van der Waals surface area contributed by atoms with Gasteiger partial charge in [-0.1, -0.05) is 23.4 Å². The van der Waals surface area contributed by atoms with Crippen molar-refractivity contribution in [2.45, 2.75) is 0 Å². The lowest BCUT2D eigenvalue weighted by molar-refractivity contribution is 0.432. The van der Waals surface area contributed by atoms with E-state index in [9.17, 15) is 0 Å². The second-order valence-electron chi connectivity index (χ2n) is 4.98. The summed E-state index contributed by atoms with van der Waals surface area (Å²) in [5, 5.41) is 3.93. The third-order valence-corrected chi connectivity index (χ3v) is 3.39. The molecule has 3 aromatic heterocycles. The van der Waals surface area contributed by atoms with Crippen molar-refractivity contribution in [2.24, 2.45) is 0 Å². The zero-order chi connectivity index (χ0) is 16.4. The van der Waals surface area contributed by atoms with E-state index >= 15 is 0 Å². The van der Waals surface area contributed by atoms with Gasteiger partial charge >= 0.3 is 0 Å². The van der Waals surface area contributed by atoms with Gasteiger partial charge in [0, 0.05) is 23.5 Å². The number of rotatable bonds is 3. The average molecular weight is 315 g/mol. The zero-order valence-electron chi connectivity index (χ0n) is 12.4. The normalized spacial score (nSPS) is 10.7. The Morgan fingerprint density at radius 2 is 1.71 bits per heavy atom. The van der Waals surface area contributed by atoms with Gasteiger partial charge in [0.1, 0.15) is 0 Å². The summed E-state index contributed by atoms with van der Waals surface area (Å²) in [6.07, 6.45) is 4.89. The molecule has 4 aromatic rings. The molecule has 0 saturated heterocycles. The van der Waals surface area contributed by atoms with E-state index in [1.54, 1.807) is 12.4 Å². The molecular formula is C17H11N6O. The number of aromatic nitrogens is 5. The Labute approximate surface area is 137 Å². The third kappa shape index (κ3) is 2.58. The molecule has 1 aromatic carbocycles. The van der Waals surface area contributed by atoms with Crippen LogP contribution in [0.5, 0.6) is 0 Å². The van der Waals surface area contributed by atoms with Crippen molar-refractivity contribution in [3.8, 4) is 34.2 Å². The second kappa shape index (κ2) is 5.88. The van der Waals surface area contributed by atoms with E-state index in [-0.39, 0.29) is 17.3 Å². The number of hydrogen-bond acceptors (Lipinski definition) is 6. The first-order chi connectivity index (χ1) is 11.8. The third-order valence-electron chi connectivity index (χ3n) is 3.39. The number of benzene rings is 1. The van der Waals surface area contributed by atoms with Gasteiger partial charge < -0.3 is 4.52 Å². The molecule has 0 aliphatic heterocycles. The van der Waals surface area contributed by atoms with Gasteiger partial charge in [-0.15, -0.1) is 0 Å². The predicted molar refractivity (Wildman–Crippen MR) is 86.7 cm³/mol. The first kappa shape index (κ1) is 14.0. The Morgan fingerprint density at radius 1 is 0.875 bits per heavy atom. The summed E-state index contributed by atoms with van der Waals surface area (Å²) in [7, 11) is 0. The highest BCUT2D eigenvalue weighted by molar-refractivity contribution is 5.68. The summed E-state index contributed by atoms with van der Waals surface area (Å²) in [6.45, 7) is 0. The molecule has 0 aliphatic rings. The Morgan fingerprint density at radius 3 is 2.50 bits per heavy atom. The first-order valence-corrected chi connectivity index (χ1v) is 7.20. The van der Waals surface area contributed by atoms with Crippen molar-refractivity contribution in [1.29, 1.82) is 0 Å². The molecule has 1 N–H and O–H groups in total. The molecule has 0 atom stereocenters. The van der Waals surface area contributed by atoms with Crippen LogP contribution >= 0.6 is 0 Å². The minimum Gasteiger partial charge on any atom is -0.334 e. The summed E-state index contributed by atoms with van der Waals surface area (Å²) >= 11 is 0. The van der Waals surface area contributed by atoms with Crippen LogP contribution in [0.25, 0.3) is 34.2 Å². The molecule has 0 bridgehead atoms. The minimum atomic E-state index is -0.0111. The summed E-state index contributed by atoms with van der Waals surface area (Å²) in [5.74, 6) is 0.596. The van der Waals surface area contributed by atoms with Gasteiger partial charge in [-0.2, -0.15) is 4.98 Å². The number of nitrogens with zero attached hydrogens (tertiary/aromatic N) is 5. The predicted octanol–water partition coefficient (Wildman–Crippen LogP) is 3.17. The Balaban J connectivity index is 1.76. The maximum Gasteiger partial charge on any atom is 0.258 e. The summed E-state index contributed by atoms with van der Waals surface area (Å²) < 4.78 is 5.28. The maximum atomic E-state index is 7.97. The summed E-state index contributed by atoms with van der Waals surface area (Å²) in [5.41, 5.74) is 10.4. The number of nitrogens with one attached hydrogen (secondary N) is 1. The van der Waals surface area contributed by atoms with Crippen LogP contribution in [0.15, 0.2) is 65.6 Å². The molecule has 115 valence electrons. The molecule has 4 rings (SSSR count). The largest absolute Gasteiger partial charge is 0.334 e. The van der Waals surface area contributed by atoms with Crippen molar-refractivity contribution < 1.29 is 4.52 Å². The second-order valence-corrected chi connectivity index (χ2v) is 4.98. The fourth-order valence-corrected chi connectivity index (χ4v) is 2.22. The molecule has 24 heavy (non-hydrogen) atoms. The van der Waals surface area contributed by atoms with Gasteiger partial charge in [0.2, 0.25) is 5.82 Å². The standard InChI is InChI=1S/C17H11N6O/c18-15-14(21-13(10-20-15)12-7-4-8-19-9-12)16-22-17(24-23-16)11-5-2-1-3-6-11/h1-10,18H. The minimum absolute atomic E-state index is 0.0111. The zero-order valence-corrected chi connectivity index (χ0v) is 12.4. The van der Waals surface area contributed by atoms with E-state index in [0.29, 0.717) is 11.6 Å². The van der Waals surface area contributed by atoms with Gasteiger partial charge in [0.25, 0.3) is 5.89 Å². The Bertz CT molecular complexity index is 969. The molecule has 3 heterocycles. The fourth-order valence-electron chi connectivity index (χ4n) is 2.22. The molecule has 0 amide bonds. The van der Waals surface area contributed by atoms with E-state index in [0.717, 1.165) is 11.1 Å². The SMILES string of the molecule is [NH]c1ncc(-c2cccnc2)nc1-c1noc(-c2ccccc2)n1. The summed E-state index contributed by atoms with van der Waals surface area (Å²) in [6, 6.07) is 13.1. The monoisotopic (exact) mass is 315 g/mol. The van der Waals surface area contributed by atoms with Gasteiger partial charge in [-0.3, -0.25) is 10.7 Å². The van der Waals surface area contributed by atoms with E-state index < -0.39 is 0 Å². The lowest BCUT2D eigenvalue weighted by atomic mass is 10.2. The number of pyridine rings is 1. The Kier molecular flexibility index (Phi) is 3.43.